The Morgan fingerprint density at radius 1 is 0.344 bits per heavy atom. The minimum atomic E-state index is -0.984. The van der Waals surface area contributed by atoms with Crippen molar-refractivity contribution in [1.29, 1.82) is 0 Å². The van der Waals surface area contributed by atoms with E-state index in [0.29, 0.717) is 152 Å². The lowest BCUT2D eigenvalue weighted by molar-refractivity contribution is -0.145. The molecule has 61 heavy (non-hydrogen) atoms. The number of rotatable bonds is 53. The molecule has 0 radical (unpaired) electrons. The van der Waals surface area contributed by atoms with E-state index in [2.05, 4.69) is 12.2 Å². The van der Waals surface area contributed by atoms with E-state index in [0.717, 1.165) is 12.8 Å². The monoisotopic (exact) mass is 882 g/mol. The number of hydrogen-bond acceptors (Lipinski definition) is 14. The topological polar surface area (TPSA) is 185 Å². The highest BCUT2D eigenvalue weighted by atomic mass is 16.6. The van der Waals surface area contributed by atoms with E-state index in [1.54, 1.807) is 0 Å². The van der Waals surface area contributed by atoms with Gasteiger partial charge >= 0.3 is 11.9 Å². The van der Waals surface area contributed by atoms with Gasteiger partial charge in [-0.25, -0.2) is 0 Å². The molecule has 0 heterocycles. The molecule has 0 saturated heterocycles. The number of carbonyl (C=O) groups is 3. The smallest absolute Gasteiger partial charge is 0.305 e. The summed E-state index contributed by atoms with van der Waals surface area (Å²) in [4.78, 5) is 33.7. The number of esters is 1. The quantitative estimate of drug-likeness (QED) is 0.0510. The van der Waals surface area contributed by atoms with E-state index in [4.69, 9.17) is 57.2 Å². The van der Waals surface area contributed by atoms with Crippen LogP contribution in [-0.4, -0.2) is 168 Å². The fourth-order valence-corrected chi connectivity index (χ4v) is 5.72. The van der Waals surface area contributed by atoms with Crippen molar-refractivity contribution in [3.8, 4) is 0 Å². The molecular weight excluding hydrogens is 794 g/mol. The molecule has 0 aliphatic heterocycles. The molecule has 0 bridgehead atoms. The van der Waals surface area contributed by atoms with Crippen LogP contribution in [0, 0.1) is 0 Å². The van der Waals surface area contributed by atoms with Crippen LogP contribution in [0.1, 0.15) is 129 Å². The van der Waals surface area contributed by atoms with Crippen molar-refractivity contribution in [3.63, 3.8) is 0 Å². The van der Waals surface area contributed by atoms with E-state index >= 15 is 0 Å². The number of nitrogens with one attached hydrogen (secondary N) is 1. The second-order valence-corrected chi connectivity index (χ2v) is 14.6. The van der Waals surface area contributed by atoms with Gasteiger partial charge in [-0.05, 0) is 12.8 Å². The predicted molar refractivity (Wildman–Crippen MR) is 233 cm³/mol. The van der Waals surface area contributed by atoms with Gasteiger partial charge in [0.05, 0.1) is 132 Å². The van der Waals surface area contributed by atoms with Crippen molar-refractivity contribution >= 4 is 17.8 Å². The second kappa shape index (κ2) is 52.4. The van der Waals surface area contributed by atoms with Crippen molar-refractivity contribution < 1.29 is 71.6 Å². The molecule has 0 atom stereocenters. The van der Waals surface area contributed by atoms with Crippen LogP contribution in [0.2, 0.25) is 0 Å². The van der Waals surface area contributed by atoms with Gasteiger partial charge in [0, 0.05) is 26.0 Å². The zero-order chi connectivity index (χ0) is 44.2. The van der Waals surface area contributed by atoms with E-state index in [9.17, 15) is 14.4 Å². The normalized spacial score (nSPS) is 11.4. The number of aliphatic carboxylic acids is 1. The molecule has 0 aliphatic rings. The molecule has 16 nitrogen and oxygen atoms in total. The first kappa shape index (κ1) is 59.0. The van der Waals surface area contributed by atoms with Crippen molar-refractivity contribution in [2.24, 2.45) is 0 Å². The third-order valence-corrected chi connectivity index (χ3v) is 9.18. The Kier molecular flexibility index (Phi) is 50.6. The zero-order valence-corrected chi connectivity index (χ0v) is 38.2. The molecule has 362 valence electrons. The lowest BCUT2D eigenvalue weighted by atomic mass is 10.0. The second-order valence-electron chi connectivity index (χ2n) is 14.6. The van der Waals surface area contributed by atoms with Gasteiger partial charge in [-0.1, -0.05) is 96.8 Å². The van der Waals surface area contributed by atoms with E-state index in [1.807, 2.05) is 0 Å². The summed E-state index contributed by atoms with van der Waals surface area (Å²) in [5.74, 6) is -1.39. The minimum absolute atomic E-state index is 0.0125. The van der Waals surface area contributed by atoms with Crippen molar-refractivity contribution in [2.75, 3.05) is 145 Å². The van der Waals surface area contributed by atoms with Gasteiger partial charge in [-0.2, -0.15) is 0 Å². The van der Waals surface area contributed by atoms with Crippen LogP contribution >= 0.6 is 0 Å². The summed E-state index contributed by atoms with van der Waals surface area (Å²) in [5, 5.41) is 11.2. The third-order valence-electron chi connectivity index (χ3n) is 9.18. The standard InChI is InChI=1S/C45H87NO15/c1-2-3-4-5-6-7-8-9-10-11-12-13-14-15-16-18-45(50)61-42-41-60-40-39-59-38-37-58-36-35-57-34-33-56-32-31-55-30-29-54-28-27-53-26-25-52-24-23-51-22-17-21-46-43(47)19-20-44(48)49/h2-42H2,1H3,(H,46,47)(H,48,49). The summed E-state index contributed by atoms with van der Waals surface area (Å²) >= 11 is 0. The third kappa shape index (κ3) is 54.1. The summed E-state index contributed by atoms with van der Waals surface area (Å²) in [7, 11) is 0. The maximum absolute atomic E-state index is 11.9. The summed E-state index contributed by atoms with van der Waals surface area (Å²) in [6, 6.07) is 0. The lowest BCUT2D eigenvalue weighted by Gasteiger charge is -2.09. The number of carbonyl (C=O) groups excluding carboxylic acids is 2. The fraction of sp³-hybridized carbons (Fsp3) is 0.933. The Morgan fingerprint density at radius 2 is 0.639 bits per heavy atom. The Morgan fingerprint density at radius 3 is 0.967 bits per heavy atom. The molecule has 0 aromatic heterocycles. The lowest BCUT2D eigenvalue weighted by Crippen LogP contribution is -2.25. The first-order valence-corrected chi connectivity index (χ1v) is 23.5. The molecule has 0 unspecified atom stereocenters. The SMILES string of the molecule is CCCCCCCCCCCCCCCCCC(=O)OCCOCCOCCOCCOCCOCCOCCOCCOCCOCCOCCCNC(=O)CCC(=O)O. The number of unbranched alkanes of at least 4 members (excludes halogenated alkanes) is 14. The van der Waals surface area contributed by atoms with Crippen molar-refractivity contribution in [3.05, 3.63) is 0 Å². The Bertz CT molecular complexity index is 917. The number of carboxylic acid groups (broad SMARTS) is 1. The molecule has 0 rings (SSSR count). The average molecular weight is 882 g/mol. The summed E-state index contributed by atoms with van der Waals surface area (Å²) < 4.78 is 60.0. The highest BCUT2D eigenvalue weighted by Gasteiger charge is 2.05. The molecule has 0 saturated carbocycles. The van der Waals surface area contributed by atoms with Crippen molar-refractivity contribution in [2.45, 2.75) is 129 Å². The zero-order valence-electron chi connectivity index (χ0n) is 38.2. The average Bonchev–Trinajstić information content (AvgIpc) is 3.25. The van der Waals surface area contributed by atoms with Gasteiger partial charge < -0.3 is 62.5 Å². The van der Waals surface area contributed by atoms with Gasteiger partial charge in [-0.3, -0.25) is 14.4 Å². The Hall–Kier alpha value is -1.99. The van der Waals surface area contributed by atoms with Gasteiger partial charge in [0.25, 0.3) is 0 Å². The number of carboxylic acids is 1. The highest BCUT2D eigenvalue weighted by Crippen LogP contribution is 2.14. The van der Waals surface area contributed by atoms with Gasteiger partial charge in [0.2, 0.25) is 5.91 Å². The number of hydrogen-bond donors (Lipinski definition) is 2. The van der Waals surface area contributed by atoms with Crippen molar-refractivity contribution in [1.82, 2.24) is 5.32 Å². The van der Waals surface area contributed by atoms with Crippen LogP contribution in [0.15, 0.2) is 0 Å². The maximum Gasteiger partial charge on any atom is 0.305 e. The number of ether oxygens (including phenoxy) is 11. The molecule has 0 spiro atoms. The maximum atomic E-state index is 11.9. The highest BCUT2D eigenvalue weighted by molar-refractivity contribution is 5.80. The largest absolute Gasteiger partial charge is 0.481 e. The van der Waals surface area contributed by atoms with Gasteiger partial charge in [-0.15, -0.1) is 0 Å². The molecule has 0 aromatic carbocycles. The van der Waals surface area contributed by atoms with Crippen LogP contribution in [0.3, 0.4) is 0 Å². The molecule has 16 heteroatoms. The molecule has 1 amide bonds. The van der Waals surface area contributed by atoms with Crippen LogP contribution < -0.4 is 5.32 Å². The Balaban J connectivity index is 3.15. The predicted octanol–water partition coefficient (Wildman–Crippen LogP) is 6.33. The van der Waals surface area contributed by atoms with Crippen LogP contribution in [-0.2, 0) is 66.5 Å². The molecule has 0 fully saturated rings. The van der Waals surface area contributed by atoms with E-state index in [1.165, 1.54) is 83.5 Å². The Labute approximate surface area is 368 Å². The minimum Gasteiger partial charge on any atom is -0.481 e. The summed E-state index contributed by atoms with van der Waals surface area (Å²) in [5.41, 5.74) is 0. The first-order chi connectivity index (χ1) is 30.1. The molecular formula is C45H87NO15. The molecule has 0 aromatic rings. The molecule has 0 aliphatic carbocycles. The summed E-state index contributed by atoms with van der Waals surface area (Å²) in [6.45, 7) is 12.3. The van der Waals surface area contributed by atoms with E-state index < -0.39 is 5.97 Å². The van der Waals surface area contributed by atoms with Crippen LogP contribution in [0.4, 0.5) is 0 Å². The summed E-state index contributed by atoms with van der Waals surface area (Å²) in [6.07, 6.45) is 20.6. The van der Waals surface area contributed by atoms with Crippen LogP contribution in [0.25, 0.3) is 0 Å². The van der Waals surface area contributed by atoms with Gasteiger partial charge in [0.15, 0.2) is 0 Å². The fourth-order valence-electron chi connectivity index (χ4n) is 5.72. The van der Waals surface area contributed by atoms with Crippen LogP contribution in [0.5, 0.6) is 0 Å². The number of amides is 1. The van der Waals surface area contributed by atoms with E-state index in [-0.39, 0.29) is 31.3 Å². The molecule has 2 N–H and O–H groups in total. The first-order valence-electron chi connectivity index (χ1n) is 23.5. The van der Waals surface area contributed by atoms with Gasteiger partial charge in [0.1, 0.15) is 6.61 Å².